The van der Waals surface area contributed by atoms with Crippen LogP contribution in [0.2, 0.25) is 0 Å². The summed E-state index contributed by atoms with van der Waals surface area (Å²) in [6.45, 7) is 13.4. The van der Waals surface area contributed by atoms with Crippen molar-refractivity contribution in [1.82, 2.24) is 15.1 Å². The third-order valence-electron chi connectivity index (χ3n) is 4.95. The Kier molecular flexibility index (Phi) is 6.11. The first kappa shape index (κ1) is 15.3. The number of piperazine rings is 1. The molecule has 2 aliphatic rings. The van der Waals surface area contributed by atoms with E-state index in [4.69, 9.17) is 0 Å². The number of hydrogen-bond donors (Lipinski definition) is 1. The highest BCUT2D eigenvalue weighted by Gasteiger charge is 2.35. The van der Waals surface area contributed by atoms with E-state index >= 15 is 0 Å². The molecule has 3 unspecified atom stereocenters. The minimum atomic E-state index is 0.743. The van der Waals surface area contributed by atoms with Gasteiger partial charge in [-0.25, -0.2) is 0 Å². The molecule has 0 amide bonds. The van der Waals surface area contributed by atoms with Gasteiger partial charge < -0.3 is 5.32 Å². The molecule has 3 nitrogen and oxygen atoms in total. The van der Waals surface area contributed by atoms with E-state index in [9.17, 15) is 0 Å². The molecule has 0 spiro atoms. The van der Waals surface area contributed by atoms with E-state index in [0.29, 0.717) is 0 Å². The molecule has 0 bridgehead atoms. The van der Waals surface area contributed by atoms with Crippen molar-refractivity contribution >= 4 is 0 Å². The largest absolute Gasteiger partial charge is 0.317 e. The highest BCUT2D eigenvalue weighted by Crippen LogP contribution is 2.26. The first-order valence-electron chi connectivity index (χ1n) is 8.43. The van der Waals surface area contributed by atoms with E-state index in [1.807, 2.05) is 0 Å². The summed E-state index contributed by atoms with van der Waals surface area (Å²) in [6, 6.07) is 2.35. The third-order valence-corrected chi connectivity index (χ3v) is 4.95. The lowest BCUT2D eigenvalue weighted by Gasteiger charge is -2.45. The van der Waals surface area contributed by atoms with Crippen LogP contribution < -0.4 is 5.32 Å². The van der Waals surface area contributed by atoms with Gasteiger partial charge in [-0.05, 0) is 65.6 Å². The van der Waals surface area contributed by atoms with Gasteiger partial charge in [0.1, 0.15) is 0 Å². The fraction of sp³-hybridized carbons (Fsp3) is 1.00. The molecule has 1 N–H and O–H groups in total. The van der Waals surface area contributed by atoms with E-state index in [1.165, 1.54) is 64.8 Å². The van der Waals surface area contributed by atoms with Gasteiger partial charge in [0.15, 0.2) is 0 Å². The topological polar surface area (TPSA) is 18.5 Å². The lowest BCUT2D eigenvalue weighted by Crippen LogP contribution is -2.57. The van der Waals surface area contributed by atoms with Gasteiger partial charge in [-0.15, -0.1) is 0 Å². The second kappa shape index (κ2) is 7.61. The molecular weight excluding hydrogens is 234 g/mol. The molecule has 0 aliphatic carbocycles. The third kappa shape index (κ3) is 4.17. The fourth-order valence-electron chi connectivity index (χ4n) is 3.81. The van der Waals surface area contributed by atoms with Crippen molar-refractivity contribution in [3.05, 3.63) is 0 Å². The number of nitrogens with one attached hydrogen (secondary N) is 1. The molecule has 0 aromatic rings. The van der Waals surface area contributed by atoms with Gasteiger partial charge in [-0.3, -0.25) is 9.80 Å². The zero-order valence-corrected chi connectivity index (χ0v) is 13.2. The van der Waals surface area contributed by atoms with Gasteiger partial charge in [0.2, 0.25) is 0 Å². The van der Waals surface area contributed by atoms with Crippen LogP contribution in [0.4, 0.5) is 0 Å². The summed E-state index contributed by atoms with van der Waals surface area (Å²) in [5.41, 5.74) is 0. The molecule has 112 valence electrons. The first-order chi connectivity index (χ1) is 9.22. The highest BCUT2D eigenvalue weighted by atomic mass is 15.3. The highest BCUT2D eigenvalue weighted by molar-refractivity contribution is 4.92. The van der Waals surface area contributed by atoms with Crippen molar-refractivity contribution in [1.29, 1.82) is 0 Å². The van der Waals surface area contributed by atoms with Crippen molar-refractivity contribution in [3.63, 3.8) is 0 Å². The minimum absolute atomic E-state index is 0.743. The van der Waals surface area contributed by atoms with Crippen LogP contribution in [-0.2, 0) is 0 Å². The molecule has 19 heavy (non-hydrogen) atoms. The molecule has 2 fully saturated rings. The van der Waals surface area contributed by atoms with Gasteiger partial charge in [-0.1, -0.05) is 6.92 Å². The van der Waals surface area contributed by atoms with Gasteiger partial charge in [0.05, 0.1) is 0 Å². The number of nitrogens with zero attached hydrogens (tertiary/aromatic N) is 2. The van der Waals surface area contributed by atoms with E-state index in [0.717, 1.165) is 18.1 Å². The molecule has 0 aromatic carbocycles. The van der Waals surface area contributed by atoms with E-state index in [2.05, 4.69) is 35.9 Å². The Morgan fingerprint density at radius 2 is 2.11 bits per heavy atom. The number of fused-ring (bicyclic) bond motifs is 1. The van der Waals surface area contributed by atoms with Crippen LogP contribution in [-0.4, -0.2) is 60.6 Å². The Hall–Kier alpha value is -0.120. The van der Waals surface area contributed by atoms with Crippen LogP contribution in [0.5, 0.6) is 0 Å². The number of rotatable bonds is 7. The second-order valence-corrected chi connectivity index (χ2v) is 6.58. The summed E-state index contributed by atoms with van der Waals surface area (Å²) in [6.07, 6.45) is 6.75. The molecule has 2 rings (SSSR count). The number of hydrogen-bond acceptors (Lipinski definition) is 3. The Morgan fingerprint density at radius 1 is 1.26 bits per heavy atom. The Bertz CT molecular complexity index is 256. The Labute approximate surface area is 119 Å². The maximum Gasteiger partial charge on any atom is 0.0224 e. The summed E-state index contributed by atoms with van der Waals surface area (Å²) in [5.74, 6) is 0. The lowest BCUT2D eigenvalue weighted by atomic mass is 10.0. The van der Waals surface area contributed by atoms with Crippen molar-refractivity contribution in [2.75, 3.05) is 32.7 Å². The molecule has 3 heteroatoms. The predicted octanol–water partition coefficient (Wildman–Crippen LogP) is 2.32. The lowest BCUT2D eigenvalue weighted by molar-refractivity contribution is 0.0301. The molecule has 2 saturated heterocycles. The predicted molar refractivity (Wildman–Crippen MR) is 82.6 cm³/mol. The average molecular weight is 267 g/mol. The van der Waals surface area contributed by atoms with E-state index in [-0.39, 0.29) is 0 Å². The van der Waals surface area contributed by atoms with Crippen LogP contribution in [0.3, 0.4) is 0 Å². The van der Waals surface area contributed by atoms with Crippen molar-refractivity contribution in [2.24, 2.45) is 0 Å². The molecule has 3 atom stereocenters. The summed E-state index contributed by atoms with van der Waals surface area (Å²) < 4.78 is 0. The standard InChI is InChI=1S/C16H33N3/c1-4-9-17-10-5-7-14(2)19-13-16-8-6-11-18(16)12-15(19)3/h14-17H,4-13H2,1-3H3. The quantitative estimate of drug-likeness (QED) is 0.714. The van der Waals surface area contributed by atoms with Gasteiger partial charge in [0.25, 0.3) is 0 Å². The van der Waals surface area contributed by atoms with E-state index in [1.54, 1.807) is 0 Å². The van der Waals surface area contributed by atoms with Gasteiger partial charge in [-0.2, -0.15) is 0 Å². The first-order valence-corrected chi connectivity index (χ1v) is 8.43. The van der Waals surface area contributed by atoms with Crippen LogP contribution in [0.25, 0.3) is 0 Å². The summed E-state index contributed by atoms with van der Waals surface area (Å²) in [5, 5.41) is 3.51. The fourth-order valence-corrected chi connectivity index (χ4v) is 3.81. The van der Waals surface area contributed by atoms with Crippen LogP contribution in [0.1, 0.15) is 52.9 Å². The second-order valence-electron chi connectivity index (χ2n) is 6.58. The summed E-state index contributed by atoms with van der Waals surface area (Å²) in [4.78, 5) is 5.49. The summed E-state index contributed by atoms with van der Waals surface area (Å²) in [7, 11) is 0. The molecule has 0 radical (unpaired) electrons. The molecular formula is C16H33N3. The average Bonchev–Trinajstić information content (AvgIpc) is 2.84. The van der Waals surface area contributed by atoms with Crippen molar-refractivity contribution in [2.45, 2.75) is 71.0 Å². The smallest absolute Gasteiger partial charge is 0.0224 e. The SMILES string of the molecule is CCCNCCCC(C)N1CC2CCCN2CC1C. The zero-order chi connectivity index (χ0) is 13.7. The molecule has 2 aliphatic heterocycles. The molecule has 0 saturated carbocycles. The maximum absolute atomic E-state index is 3.51. The Morgan fingerprint density at radius 3 is 2.89 bits per heavy atom. The van der Waals surface area contributed by atoms with Gasteiger partial charge in [0, 0.05) is 31.2 Å². The monoisotopic (exact) mass is 267 g/mol. The minimum Gasteiger partial charge on any atom is -0.317 e. The van der Waals surface area contributed by atoms with Crippen LogP contribution in [0.15, 0.2) is 0 Å². The maximum atomic E-state index is 3.51. The van der Waals surface area contributed by atoms with E-state index < -0.39 is 0 Å². The molecule has 2 heterocycles. The van der Waals surface area contributed by atoms with Crippen molar-refractivity contribution < 1.29 is 0 Å². The normalized spacial score (nSPS) is 30.5. The zero-order valence-electron chi connectivity index (χ0n) is 13.2. The van der Waals surface area contributed by atoms with Crippen LogP contribution >= 0.6 is 0 Å². The van der Waals surface area contributed by atoms with Crippen molar-refractivity contribution in [3.8, 4) is 0 Å². The Balaban J connectivity index is 1.70. The summed E-state index contributed by atoms with van der Waals surface area (Å²) >= 11 is 0. The molecule has 0 aromatic heterocycles. The van der Waals surface area contributed by atoms with Gasteiger partial charge >= 0.3 is 0 Å². The van der Waals surface area contributed by atoms with Crippen LogP contribution in [0, 0.1) is 0 Å².